The normalized spacial score (nSPS) is 18.7. The number of nitrogens with one attached hydrogen (secondary N) is 2. The van der Waals surface area contributed by atoms with Crippen LogP contribution in [0.5, 0.6) is 0 Å². The zero-order valence-corrected chi connectivity index (χ0v) is 25.3. The number of nitrogens with zero attached hydrogens (tertiary/aromatic N) is 3. The van der Waals surface area contributed by atoms with Gasteiger partial charge in [-0.25, -0.2) is 23.1 Å². The number of aromatic nitrogens is 3. The van der Waals surface area contributed by atoms with Gasteiger partial charge in [-0.1, -0.05) is 55.5 Å². The van der Waals surface area contributed by atoms with Gasteiger partial charge in [-0.15, -0.1) is 11.3 Å². The number of carbonyl (C=O) groups is 2. The summed E-state index contributed by atoms with van der Waals surface area (Å²) in [6.45, 7) is 2.22. The lowest BCUT2D eigenvalue weighted by Crippen LogP contribution is -2.58. The number of rotatable bonds is 7. The largest absolute Gasteiger partial charge is 0.444 e. The van der Waals surface area contributed by atoms with Crippen LogP contribution >= 0.6 is 11.3 Å². The monoisotopic (exact) mass is 627 g/mol. The number of carbonyl (C=O) groups excluding carboxylic acids is 2. The van der Waals surface area contributed by atoms with Gasteiger partial charge in [0, 0.05) is 35.5 Å². The van der Waals surface area contributed by atoms with Crippen molar-refractivity contribution in [1.82, 2.24) is 25.2 Å². The number of ether oxygens (including phenoxy) is 1. The second-order valence-electron chi connectivity index (χ2n) is 11.4. The maximum atomic E-state index is 15.3. The van der Waals surface area contributed by atoms with E-state index in [4.69, 9.17) is 4.74 Å². The maximum absolute atomic E-state index is 15.3. The molecule has 0 unspecified atom stereocenters. The first-order valence-corrected chi connectivity index (χ1v) is 15.9. The Morgan fingerprint density at radius 3 is 2.51 bits per heavy atom. The third-order valence-electron chi connectivity index (χ3n) is 8.69. The van der Waals surface area contributed by atoms with Crippen molar-refractivity contribution in [1.29, 1.82) is 0 Å². The molecule has 1 saturated carbocycles. The fourth-order valence-electron chi connectivity index (χ4n) is 6.55. The molecule has 0 radical (unpaired) electrons. The highest BCUT2D eigenvalue weighted by atomic mass is 32.1. The van der Waals surface area contributed by atoms with Gasteiger partial charge in [0.1, 0.15) is 12.1 Å². The van der Waals surface area contributed by atoms with Gasteiger partial charge in [-0.2, -0.15) is 5.10 Å². The highest BCUT2D eigenvalue weighted by molar-refractivity contribution is 7.14. The minimum Gasteiger partial charge on any atom is -0.444 e. The number of amides is 2. The van der Waals surface area contributed by atoms with E-state index in [0.29, 0.717) is 17.8 Å². The lowest BCUT2D eigenvalue weighted by Gasteiger charge is -2.37. The summed E-state index contributed by atoms with van der Waals surface area (Å²) in [6, 6.07) is 19.7. The number of benzene rings is 2. The Kier molecular flexibility index (Phi) is 7.56. The molecule has 45 heavy (non-hydrogen) atoms. The highest BCUT2D eigenvalue weighted by Crippen LogP contribution is 2.44. The minimum atomic E-state index is -3.25. The Labute approximate surface area is 262 Å². The van der Waals surface area contributed by atoms with Gasteiger partial charge in [0.15, 0.2) is 5.65 Å². The van der Waals surface area contributed by atoms with Gasteiger partial charge in [0.05, 0.1) is 16.8 Å². The molecular formula is C34H31F2N5O3S. The number of alkyl halides is 2. The highest BCUT2D eigenvalue weighted by Gasteiger charge is 2.50. The number of aryl methyl sites for hydroxylation is 1. The summed E-state index contributed by atoms with van der Waals surface area (Å²) in [6.07, 6.45) is 1.98. The predicted molar refractivity (Wildman–Crippen MR) is 168 cm³/mol. The van der Waals surface area contributed by atoms with Crippen LogP contribution in [0.15, 0.2) is 79.1 Å². The van der Waals surface area contributed by atoms with Crippen molar-refractivity contribution in [2.45, 2.75) is 56.6 Å². The molecule has 2 atom stereocenters. The van der Waals surface area contributed by atoms with Crippen molar-refractivity contribution < 1.29 is 23.1 Å². The molecule has 2 N–H and O–H groups in total. The summed E-state index contributed by atoms with van der Waals surface area (Å²) in [7, 11) is 0. The van der Waals surface area contributed by atoms with E-state index in [2.05, 4.69) is 32.8 Å². The third-order valence-corrected chi connectivity index (χ3v) is 9.97. The molecule has 5 aromatic rings. The summed E-state index contributed by atoms with van der Waals surface area (Å²) >= 11 is 1.24. The van der Waals surface area contributed by atoms with Crippen LogP contribution in [0.3, 0.4) is 0 Å². The van der Waals surface area contributed by atoms with E-state index in [-0.39, 0.29) is 30.2 Å². The molecule has 0 saturated heterocycles. The van der Waals surface area contributed by atoms with Crippen molar-refractivity contribution in [2.24, 2.45) is 0 Å². The summed E-state index contributed by atoms with van der Waals surface area (Å²) in [5, 5.41) is 9.70. The number of imidazole rings is 1. The van der Waals surface area contributed by atoms with Crippen molar-refractivity contribution in [3.63, 3.8) is 0 Å². The van der Waals surface area contributed by atoms with Crippen molar-refractivity contribution in [3.05, 3.63) is 100 Å². The van der Waals surface area contributed by atoms with E-state index in [1.807, 2.05) is 49.4 Å². The summed E-state index contributed by atoms with van der Waals surface area (Å²) in [5.41, 5.74) is 6.56. The molecule has 3 aromatic heterocycles. The van der Waals surface area contributed by atoms with Gasteiger partial charge < -0.3 is 15.4 Å². The summed E-state index contributed by atoms with van der Waals surface area (Å²) < 4.78 is 37.9. The van der Waals surface area contributed by atoms with Gasteiger partial charge in [-0.05, 0) is 59.7 Å². The molecule has 0 spiro atoms. The van der Waals surface area contributed by atoms with Crippen LogP contribution in [0.25, 0.3) is 28.0 Å². The average molecular weight is 628 g/mol. The smallest absolute Gasteiger partial charge is 0.407 e. The van der Waals surface area contributed by atoms with E-state index in [0.717, 1.165) is 32.7 Å². The average Bonchev–Trinajstić information content (AvgIpc) is 3.75. The van der Waals surface area contributed by atoms with Crippen LogP contribution in [0.1, 0.15) is 57.8 Å². The zero-order valence-electron chi connectivity index (χ0n) is 24.5. The van der Waals surface area contributed by atoms with E-state index < -0.39 is 36.5 Å². The number of fused-ring (bicyclic) bond motifs is 4. The van der Waals surface area contributed by atoms with Crippen LogP contribution in [0, 0.1) is 0 Å². The number of thiophene rings is 1. The molecule has 0 aliphatic heterocycles. The van der Waals surface area contributed by atoms with Crippen LogP contribution in [-0.4, -0.2) is 51.2 Å². The summed E-state index contributed by atoms with van der Waals surface area (Å²) in [4.78, 5) is 32.1. The zero-order chi connectivity index (χ0) is 31.1. The molecule has 7 rings (SSSR count). The van der Waals surface area contributed by atoms with E-state index in [9.17, 15) is 9.59 Å². The van der Waals surface area contributed by atoms with E-state index in [1.165, 1.54) is 11.3 Å². The minimum absolute atomic E-state index is 0.0860. The SMILES string of the molecule is CCc1sc(C(=O)N[C@@H]2[C@@H](OC(=O)NCC3c4ccccc4-c4ccccc43)CCCC2(F)F)cc1-c1cnc2cccnn12. The number of hydrogen-bond donors (Lipinski definition) is 2. The van der Waals surface area contributed by atoms with E-state index >= 15 is 8.78 Å². The summed E-state index contributed by atoms with van der Waals surface area (Å²) in [5.74, 6) is -3.97. The van der Waals surface area contributed by atoms with Crippen LogP contribution < -0.4 is 10.6 Å². The third kappa shape index (κ3) is 5.35. The molecule has 2 aliphatic rings. The first kappa shape index (κ1) is 29.1. The van der Waals surface area contributed by atoms with Crippen LogP contribution in [0.4, 0.5) is 13.6 Å². The quantitative estimate of drug-likeness (QED) is 0.206. The fourth-order valence-corrected chi connectivity index (χ4v) is 7.56. The van der Waals surface area contributed by atoms with Crippen LogP contribution in [-0.2, 0) is 11.2 Å². The molecule has 8 nitrogen and oxygen atoms in total. The second kappa shape index (κ2) is 11.7. The lowest BCUT2D eigenvalue weighted by molar-refractivity contribution is -0.106. The molecule has 3 heterocycles. The van der Waals surface area contributed by atoms with Crippen molar-refractivity contribution in [2.75, 3.05) is 6.54 Å². The number of hydrogen-bond acceptors (Lipinski definition) is 6. The topological polar surface area (TPSA) is 97.6 Å². The first-order chi connectivity index (χ1) is 21.8. The molecule has 2 aromatic carbocycles. The maximum Gasteiger partial charge on any atom is 0.407 e. The standard InChI is InChI=1S/C34H31F2N5O3S/c1-2-28-24(26-19-37-30-14-8-16-39-41(26)30)17-29(45-28)32(42)40-31-27(13-7-15-34(31,35)36)44-33(43)38-18-25-22-11-5-3-9-20(22)21-10-4-6-12-23(21)25/h3-6,8-12,14,16-17,19,25,27,31H,2,7,13,15,18H2,1H3,(H,38,43)(H,40,42)/t27-,31+/m0/s1. The molecule has 230 valence electrons. The predicted octanol–water partition coefficient (Wildman–Crippen LogP) is 6.85. The molecule has 0 bridgehead atoms. The Morgan fingerprint density at radius 1 is 1.04 bits per heavy atom. The van der Waals surface area contributed by atoms with Crippen LogP contribution in [0.2, 0.25) is 0 Å². The fraction of sp³-hybridized carbons (Fsp3) is 0.294. The van der Waals surface area contributed by atoms with Gasteiger partial charge in [0.2, 0.25) is 0 Å². The Balaban J connectivity index is 1.06. The number of halogens is 2. The van der Waals surface area contributed by atoms with E-state index in [1.54, 1.807) is 29.0 Å². The Bertz CT molecular complexity index is 1860. The molecule has 11 heteroatoms. The van der Waals surface area contributed by atoms with Gasteiger partial charge in [0.25, 0.3) is 11.8 Å². The number of alkyl carbamates (subject to hydrolysis) is 1. The van der Waals surface area contributed by atoms with Crippen molar-refractivity contribution in [3.8, 4) is 22.4 Å². The molecular weight excluding hydrogens is 596 g/mol. The lowest BCUT2D eigenvalue weighted by atomic mass is 9.88. The van der Waals surface area contributed by atoms with Gasteiger partial charge >= 0.3 is 6.09 Å². The molecule has 2 aliphatic carbocycles. The van der Waals surface area contributed by atoms with Crippen molar-refractivity contribution >= 4 is 29.0 Å². The first-order valence-electron chi connectivity index (χ1n) is 15.1. The second-order valence-corrected chi connectivity index (χ2v) is 12.5. The Hall–Kier alpha value is -4.64. The Morgan fingerprint density at radius 2 is 1.78 bits per heavy atom. The van der Waals surface area contributed by atoms with Gasteiger partial charge in [-0.3, -0.25) is 4.79 Å². The molecule has 1 fully saturated rings. The molecule has 2 amide bonds.